The monoisotopic (exact) mass is 719 g/mol. The van der Waals surface area contributed by atoms with Gasteiger partial charge in [-0.15, -0.1) is 0 Å². The summed E-state index contributed by atoms with van der Waals surface area (Å²) >= 11 is 0. The standard InChI is InChI=1S/C41H45N5O5S/c1-28-8-18-34(19-9-28)52(49,50)46-24-36(30-10-12-31(13-11-30)38(47)43(5)6)35-22-32(23-42-37(35)46)29-14-16-33(17-15-29)45-26-41(27-45)20-7-21-44(25-41)39(48)51-40(2,3)4/h8-19,22-24H,7,20-21,25-27H2,1-6H3. The average Bonchev–Trinajstić information content (AvgIpc) is 3.50. The molecule has 2 saturated heterocycles. The normalized spacial score (nSPS) is 15.8. The highest BCUT2D eigenvalue weighted by Gasteiger charge is 2.47. The maximum absolute atomic E-state index is 14.0. The van der Waals surface area contributed by atoms with Crippen LogP contribution in [-0.2, 0) is 14.8 Å². The van der Waals surface area contributed by atoms with Crippen molar-refractivity contribution in [3.8, 4) is 22.3 Å². The Morgan fingerprint density at radius 1 is 0.865 bits per heavy atom. The molecule has 0 bridgehead atoms. The van der Waals surface area contributed by atoms with Crippen LogP contribution in [0.4, 0.5) is 10.5 Å². The second-order valence-electron chi connectivity index (χ2n) is 15.4. The number of fused-ring (bicyclic) bond motifs is 1. The zero-order chi connectivity index (χ0) is 37.0. The third-order valence-corrected chi connectivity index (χ3v) is 11.6. The van der Waals surface area contributed by atoms with E-state index < -0.39 is 15.6 Å². The highest BCUT2D eigenvalue weighted by Crippen LogP contribution is 2.42. The van der Waals surface area contributed by atoms with E-state index in [1.54, 1.807) is 62.9 Å². The zero-order valence-electron chi connectivity index (χ0n) is 30.6. The molecule has 270 valence electrons. The number of hydrogen-bond donors (Lipinski definition) is 0. The summed E-state index contributed by atoms with van der Waals surface area (Å²) in [5.41, 5.74) is 5.77. The van der Waals surface area contributed by atoms with E-state index in [-0.39, 0.29) is 22.3 Å². The fourth-order valence-corrected chi connectivity index (χ4v) is 8.61. The molecule has 10 nitrogen and oxygen atoms in total. The van der Waals surface area contributed by atoms with E-state index in [1.165, 1.54) is 8.87 Å². The molecule has 2 aromatic heterocycles. The largest absolute Gasteiger partial charge is 0.444 e. The van der Waals surface area contributed by atoms with Crippen LogP contribution < -0.4 is 4.90 Å². The number of amides is 2. The van der Waals surface area contributed by atoms with Crippen LogP contribution in [0.5, 0.6) is 0 Å². The molecular weight excluding hydrogens is 675 g/mol. The molecule has 3 aromatic carbocycles. The van der Waals surface area contributed by atoms with Crippen molar-refractivity contribution in [2.24, 2.45) is 5.41 Å². The third kappa shape index (κ3) is 6.77. The lowest BCUT2D eigenvalue weighted by Gasteiger charge is -2.55. The molecule has 0 atom stereocenters. The summed E-state index contributed by atoms with van der Waals surface area (Å²) in [6, 6.07) is 24.3. The van der Waals surface area contributed by atoms with E-state index in [4.69, 9.17) is 9.72 Å². The number of hydrogen-bond acceptors (Lipinski definition) is 7. The number of nitrogens with zero attached hydrogens (tertiary/aromatic N) is 5. The van der Waals surface area contributed by atoms with Gasteiger partial charge in [-0.2, -0.15) is 0 Å². The van der Waals surface area contributed by atoms with Gasteiger partial charge in [0.15, 0.2) is 5.65 Å². The Labute approximate surface area is 305 Å². The fraction of sp³-hybridized carbons (Fsp3) is 0.341. The van der Waals surface area contributed by atoms with Crippen LogP contribution in [0.25, 0.3) is 33.3 Å². The van der Waals surface area contributed by atoms with Gasteiger partial charge in [-0.3, -0.25) is 4.79 Å². The summed E-state index contributed by atoms with van der Waals surface area (Å²) in [6.07, 6.45) is 5.16. The van der Waals surface area contributed by atoms with Gasteiger partial charge in [-0.1, -0.05) is 42.0 Å². The van der Waals surface area contributed by atoms with E-state index >= 15 is 0 Å². The minimum Gasteiger partial charge on any atom is -0.444 e. The average molecular weight is 720 g/mol. The predicted molar refractivity (Wildman–Crippen MR) is 204 cm³/mol. The first kappa shape index (κ1) is 35.3. The lowest BCUT2D eigenvalue weighted by atomic mass is 9.73. The minimum atomic E-state index is -3.96. The second-order valence-corrected chi connectivity index (χ2v) is 17.3. The molecule has 2 fully saturated rings. The lowest BCUT2D eigenvalue weighted by Crippen LogP contribution is -2.64. The topological polar surface area (TPSA) is 105 Å². The van der Waals surface area contributed by atoms with Crippen molar-refractivity contribution in [2.45, 2.75) is 51.0 Å². The van der Waals surface area contributed by atoms with E-state index in [2.05, 4.69) is 29.2 Å². The van der Waals surface area contributed by atoms with E-state index in [9.17, 15) is 18.0 Å². The second kappa shape index (κ2) is 13.1. The number of aromatic nitrogens is 2. The minimum absolute atomic E-state index is 0.0726. The maximum atomic E-state index is 14.0. The van der Waals surface area contributed by atoms with Gasteiger partial charge < -0.3 is 19.4 Å². The van der Waals surface area contributed by atoms with Crippen LogP contribution in [0.1, 0.15) is 49.5 Å². The first-order valence-corrected chi connectivity index (χ1v) is 19.1. The third-order valence-electron chi connectivity index (χ3n) is 9.97. The molecule has 52 heavy (non-hydrogen) atoms. The Bertz CT molecular complexity index is 2250. The smallest absolute Gasteiger partial charge is 0.410 e. The number of pyridine rings is 1. The molecule has 0 saturated carbocycles. The molecule has 0 unspecified atom stereocenters. The Balaban J connectivity index is 1.17. The number of ether oxygens (including phenoxy) is 1. The summed E-state index contributed by atoms with van der Waals surface area (Å²) in [5, 5.41) is 0.681. The van der Waals surface area contributed by atoms with Crippen LogP contribution in [0, 0.1) is 12.3 Å². The van der Waals surface area contributed by atoms with Crippen LogP contribution in [0.15, 0.2) is 96.2 Å². The number of rotatable bonds is 6. The quantitative estimate of drug-likeness (QED) is 0.180. The first-order valence-electron chi connectivity index (χ1n) is 17.6. The Hall–Kier alpha value is -5.16. The molecule has 11 heteroatoms. The van der Waals surface area contributed by atoms with Gasteiger partial charge in [0.05, 0.1) is 4.90 Å². The predicted octanol–water partition coefficient (Wildman–Crippen LogP) is 7.45. The molecule has 0 aliphatic carbocycles. The summed E-state index contributed by atoms with van der Waals surface area (Å²) in [4.78, 5) is 36.0. The summed E-state index contributed by atoms with van der Waals surface area (Å²) in [5.74, 6) is -0.113. The van der Waals surface area contributed by atoms with Crippen LogP contribution in [0.2, 0.25) is 0 Å². The Morgan fingerprint density at radius 2 is 1.52 bits per heavy atom. The summed E-state index contributed by atoms with van der Waals surface area (Å²) in [6.45, 7) is 10.8. The number of piperidine rings is 1. The Morgan fingerprint density at radius 3 is 2.15 bits per heavy atom. The van der Waals surface area contributed by atoms with E-state index in [0.29, 0.717) is 28.7 Å². The van der Waals surface area contributed by atoms with Gasteiger partial charge in [-0.25, -0.2) is 22.2 Å². The highest BCUT2D eigenvalue weighted by atomic mass is 32.2. The molecule has 2 aliphatic heterocycles. The fourth-order valence-electron chi connectivity index (χ4n) is 7.28. The SMILES string of the molecule is Cc1ccc(S(=O)(=O)n2cc(-c3ccc(C(=O)N(C)C)cc3)c3cc(-c4ccc(N5CC6(CCCN(C(=O)OC(C)(C)C)C6)C5)cc4)cnc32)cc1. The molecule has 4 heterocycles. The molecule has 0 radical (unpaired) electrons. The van der Waals surface area contributed by atoms with Crippen molar-refractivity contribution in [1.82, 2.24) is 18.8 Å². The number of aryl methyl sites for hydroxylation is 1. The molecule has 7 rings (SSSR count). The molecule has 5 aromatic rings. The highest BCUT2D eigenvalue weighted by molar-refractivity contribution is 7.90. The van der Waals surface area contributed by atoms with Crippen molar-refractivity contribution in [1.29, 1.82) is 0 Å². The van der Waals surface area contributed by atoms with Crippen molar-refractivity contribution in [3.63, 3.8) is 0 Å². The Kier molecular flexibility index (Phi) is 8.89. The van der Waals surface area contributed by atoms with Crippen molar-refractivity contribution >= 4 is 38.7 Å². The number of likely N-dealkylation sites (tertiary alicyclic amines) is 1. The zero-order valence-corrected chi connectivity index (χ0v) is 31.4. The van der Waals surface area contributed by atoms with Crippen molar-refractivity contribution in [3.05, 3.63) is 102 Å². The van der Waals surface area contributed by atoms with Gasteiger partial charge >= 0.3 is 6.09 Å². The summed E-state index contributed by atoms with van der Waals surface area (Å²) in [7, 11) is -0.549. The van der Waals surface area contributed by atoms with Crippen LogP contribution in [-0.4, -0.2) is 85.0 Å². The number of carbonyl (C=O) groups is 2. The molecule has 0 N–H and O–H groups in total. The molecule has 2 amide bonds. The van der Waals surface area contributed by atoms with Gasteiger partial charge in [0, 0.05) is 85.8 Å². The molecule has 1 spiro atoms. The van der Waals surface area contributed by atoms with Crippen LogP contribution in [0.3, 0.4) is 0 Å². The van der Waals surface area contributed by atoms with Crippen LogP contribution >= 0.6 is 0 Å². The van der Waals surface area contributed by atoms with E-state index in [0.717, 1.165) is 60.4 Å². The number of carbonyl (C=O) groups excluding carboxylic acids is 2. The molecule has 2 aliphatic rings. The van der Waals surface area contributed by atoms with Gasteiger partial charge in [-0.05, 0) is 94.1 Å². The van der Waals surface area contributed by atoms with Crippen molar-refractivity contribution < 1.29 is 22.7 Å². The molecular formula is C41H45N5O5S. The van der Waals surface area contributed by atoms with Crippen molar-refractivity contribution in [2.75, 3.05) is 45.2 Å². The maximum Gasteiger partial charge on any atom is 0.410 e. The lowest BCUT2D eigenvalue weighted by molar-refractivity contribution is -0.00146. The first-order chi connectivity index (χ1) is 24.6. The summed E-state index contributed by atoms with van der Waals surface area (Å²) < 4.78 is 34.9. The van der Waals surface area contributed by atoms with Gasteiger partial charge in [0.2, 0.25) is 0 Å². The van der Waals surface area contributed by atoms with Gasteiger partial charge in [0.1, 0.15) is 5.60 Å². The number of anilines is 1. The van der Waals surface area contributed by atoms with E-state index in [1.807, 2.05) is 50.8 Å². The number of benzene rings is 3. The van der Waals surface area contributed by atoms with Gasteiger partial charge in [0.25, 0.3) is 15.9 Å².